The van der Waals surface area contributed by atoms with Crippen molar-refractivity contribution in [2.24, 2.45) is 0 Å². The van der Waals surface area contributed by atoms with Gasteiger partial charge in [-0.25, -0.2) is 4.98 Å². The van der Waals surface area contributed by atoms with Crippen LogP contribution in [0.5, 0.6) is 5.75 Å². The lowest BCUT2D eigenvalue weighted by molar-refractivity contribution is -0.115. The van der Waals surface area contributed by atoms with Crippen molar-refractivity contribution >= 4 is 22.9 Å². The van der Waals surface area contributed by atoms with Gasteiger partial charge in [-0.05, 0) is 43.8 Å². The monoisotopic (exact) mass is 395 g/mol. The van der Waals surface area contributed by atoms with E-state index in [9.17, 15) is 4.79 Å². The average Bonchev–Trinajstić information content (AvgIpc) is 3.10. The van der Waals surface area contributed by atoms with Gasteiger partial charge in [-0.3, -0.25) is 9.69 Å². The topological polar surface area (TPSA) is 54.5 Å². The molecule has 0 radical (unpaired) electrons. The molecule has 0 aliphatic carbocycles. The second kappa shape index (κ2) is 9.48. The Labute approximate surface area is 170 Å². The van der Waals surface area contributed by atoms with Crippen molar-refractivity contribution in [2.45, 2.75) is 26.4 Å². The molecule has 1 aromatic heterocycles. The van der Waals surface area contributed by atoms with Gasteiger partial charge in [-0.1, -0.05) is 29.8 Å². The van der Waals surface area contributed by atoms with Crippen LogP contribution in [0.1, 0.15) is 21.8 Å². The summed E-state index contributed by atoms with van der Waals surface area (Å²) >= 11 is 1.53. The van der Waals surface area contributed by atoms with Gasteiger partial charge in [0.1, 0.15) is 10.8 Å². The Kier molecular flexibility index (Phi) is 6.79. The highest BCUT2D eigenvalue weighted by Gasteiger charge is 2.10. The number of rotatable bonds is 8. The number of anilines is 1. The molecule has 0 fully saturated rings. The summed E-state index contributed by atoms with van der Waals surface area (Å²) in [7, 11) is 3.73. The van der Waals surface area contributed by atoms with Crippen molar-refractivity contribution in [2.75, 3.05) is 19.5 Å². The number of nitrogens with zero attached hydrogens (tertiary/aromatic N) is 2. The first-order chi connectivity index (χ1) is 13.5. The smallest absolute Gasteiger partial charge is 0.231 e. The molecular weight excluding hydrogens is 370 g/mol. The molecule has 3 rings (SSSR count). The predicted octanol–water partition coefficient (Wildman–Crippen LogP) is 4.27. The molecule has 0 saturated heterocycles. The molecule has 1 heterocycles. The van der Waals surface area contributed by atoms with Crippen molar-refractivity contribution in [3.05, 3.63) is 75.7 Å². The zero-order valence-electron chi connectivity index (χ0n) is 16.4. The molecule has 3 aromatic rings. The summed E-state index contributed by atoms with van der Waals surface area (Å²) in [5.41, 5.74) is 4.18. The largest absolute Gasteiger partial charge is 0.497 e. The summed E-state index contributed by atoms with van der Waals surface area (Å²) in [6.45, 7) is 3.58. The number of benzene rings is 2. The van der Waals surface area contributed by atoms with Crippen molar-refractivity contribution in [1.82, 2.24) is 9.88 Å². The fourth-order valence-electron chi connectivity index (χ4n) is 2.86. The van der Waals surface area contributed by atoms with E-state index < -0.39 is 0 Å². The normalized spacial score (nSPS) is 10.9. The first-order valence-electron chi connectivity index (χ1n) is 9.13. The van der Waals surface area contributed by atoms with Gasteiger partial charge in [0, 0.05) is 24.2 Å². The highest BCUT2D eigenvalue weighted by atomic mass is 32.1. The second-order valence-corrected chi connectivity index (χ2v) is 7.79. The third kappa shape index (κ3) is 5.90. The number of aromatic nitrogens is 1. The lowest BCUT2D eigenvalue weighted by Crippen LogP contribution is -2.18. The number of amides is 1. The minimum atomic E-state index is -0.0451. The van der Waals surface area contributed by atoms with Gasteiger partial charge in [-0.2, -0.15) is 0 Å². The van der Waals surface area contributed by atoms with E-state index in [1.54, 1.807) is 7.11 Å². The van der Waals surface area contributed by atoms with Gasteiger partial charge in [0.25, 0.3) is 0 Å². The second-order valence-electron chi connectivity index (χ2n) is 6.84. The third-order valence-corrected chi connectivity index (χ3v) is 5.19. The van der Waals surface area contributed by atoms with Gasteiger partial charge in [0.15, 0.2) is 0 Å². The Bertz CT molecular complexity index is 904. The lowest BCUT2D eigenvalue weighted by atomic mass is 10.2. The van der Waals surface area contributed by atoms with Crippen molar-refractivity contribution < 1.29 is 9.53 Å². The van der Waals surface area contributed by atoms with E-state index in [4.69, 9.17) is 4.74 Å². The zero-order chi connectivity index (χ0) is 19.9. The number of hydrogen-bond acceptors (Lipinski definition) is 5. The molecule has 0 unspecified atom stereocenters. The SMILES string of the molecule is COc1ccc(CN(C)Cc2csc(CC(=O)Nc3ccc(C)cc3)n2)cc1. The van der Waals surface area contributed by atoms with Crippen molar-refractivity contribution in [1.29, 1.82) is 0 Å². The highest BCUT2D eigenvalue weighted by molar-refractivity contribution is 7.09. The van der Waals surface area contributed by atoms with Crippen LogP contribution in [0.3, 0.4) is 0 Å². The standard InChI is InChI=1S/C22H25N3O2S/c1-16-4-8-18(9-5-16)23-21(26)12-22-24-19(15-28-22)14-25(2)13-17-6-10-20(27-3)11-7-17/h4-11,15H,12-14H2,1-3H3,(H,23,26). The van der Waals surface area contributed by atoms with Crippen LogP contribution in [0, 0.1) is 6.92 Å². The molecule has 28 heavy (non-hydrogen) atoms. The van der Waals surface area contributed by atoms with Gasteiger partial charge >= 0.3 is 0 Å². The summed E-state index contributed by atoms with van der Waals surface area (Å²) in [4.78, 5) is 19.0. The maximum absolute atomic E-state index is 12.2. The molecule has 1 amide bonds. The van der Waals surface area contributed by atoms with Gasteiger partial charge in [0.05, 0.1) is 19.2 Å². The van der Waals surface area contributed by atoms with E-state index in [2.05, 4.69) is 34.4 Å². The summed E-state index contributed by atoms with van der Waals surface area (Å²) in [6, 6.07) is 15.9. The molecule has 2 aromatic carbocycles. The fraction of sp³-hybridized carbons (Fsp3) is 0.273. The molecule has 5 nitrogen and oxygen atoms in total. The lowest BCUT2D eigenvalue weighted by Gasteiger charge is -2.15. The number of aryl methyl sites for hydroxylation is 1. The van der Waals surface area contributed by atoms with Crippen LogP contribution < -0.4 is 10.1 Å². The average molecular weight is 396 g/mol. The van der Waals surface area contributed by atoms with Crippen LogP contribution in [0.4, 0.5) is 5.69 Å². The number of hydrogen-bond donors (Lipinski definition) is 1. The number of nitrogens with one attached hydrogen (secondary N) is 1. The third-order valence-electron chi connectivity index (χ3n) is 4.29. The number of carbonyl (C=O) groups is 1. The van der Waals surface area contributed by atoms with E-state index in [-0.39, 0.29) is 5.91 Å². The van der Waals surface area contributed by atoms with Crippen LogP contribution in [-0.4, -0.2) is 29.9 Å². The summed E-state index contributed by atoms with van der Waals surface area (Å²) < 4.78 is 5.19. The summed E-state index contributed by atoms with van der Waals surface area (Å²) in [5.74, 6) is 0.816. The molecular formula is C22H25N3O2S. The molecule has 0 saturated carbocycles. The molecule has 0 bridgehead atoms. The minimum absolute atomic E-state index is 0.0451. The van der Waals surface area contributed by atoms with Crippen LogP contribution >= 0.6 is 11.3 Å². The van der Waals surface area contributed by atoms with E-state index in [0.717, 1.165) is 35.2 Å². The van der Waals surface area contributed by atoms with Gasteiger partial charge in [-0.15, -0.1) is 11.3 Å². The highest BCUT2D eigenvalue weighted by Crippen LogP contribution is 2.16. The number of ether oxygens (including phenoxy) is 1. The van der Waals surface area contributed by atoms with Crippen LogP contribution in [0.15, 0.2) is 53.9 Å². The maximum Gasteiger partial charge on any atom is 0.231 e. The van der Waals surface area contributed by atoms with E-state index >= 15 is 0 Å². The van der Waals surface area contributed by atoms with E-state index in [0.29, 0.717) is 6.42 Å². The van der Waals surface area contributed by atoms with Crippen molar-refractivity contribution in [3.63, 3.8) is 0 Å². The molecule has 0 aliphatic rings. The summed E-state index contributed by atoms with van der Waals surface area (Å²) in [6.07, 6.45) is 0.292. The molecule has 0 spiro atoms. The summed E-state index contributed by atoms with van der Waals surface area (Å²) in [5, 5.41) is 5.77. The van der Waals surface area contributed by atoms with Gasteiger partial charge in [0.2, 0.25) is 5.91 Å². The molecule has 0 aliphatic heterocycles. The molecule has 146 valence electrons. The van der Waals surface area contributed by atoms with E-state index in [1.807, 2.05) is 48.7 Å². The fourth-order valence-corrected chi connectivity index (χ4v) is 3.64. The molecule has 0 atom stereocenters. The quantitative estimate of drug-likeness (QED) is 0.619. The Morgan fingerprint density at radius 2 is 1.82 bits per heavy atom. The Morgan fingerprint density at radius 3 is 2.50 bits per heavy atom. The zero-order valence-corrected chi connectivity index (χ0v) is 17.3. The minimum Gasteiger partial charge on any atom is -0.497 e. The van der Waals surface area contributed by atoms with Crippen LogP contribution in [0.2, 0.25) is 0 Å². The van der Waals surface area contributed by atoms with E-state index in [1.165, 1.54) is 22.5 Å². The molecule has 1 N–H and O–H groups in total. The molecule has 6 heteroatoms. The Hall–Kier alpha value is -2.70. The number of carbonyl (C=O) groups excluding carboxylic acids is 1. The van der Waals surface area contributed by atoms with Gasteiger partial charge < -0.3 is 10.1 Å². The maximum atomic E-state index is 12.2. The van der Waals surface area contributed by atoms with Crippen LogP contribution in [0.25, 0.3) is 0 Å². The number of methoxy groups -OCH3 is 1. The number of thiazole rings is 1. The van der Waals surface area contributed by atoms with Crippen molar-refractivity contribution in [3.8, 4) is 5.75 Å². The first-order valence-corrected chi connectivity index (χ1v) is 10.0. The Morgan fingerprint density at radius 1 is 1.11 bits per heavy atom. The van der Waals surface area contributed by atoms with Crippen LogP contribution in [-0.2, 0) is 24.3 Å². The Balaban J connectivity index is 1.50. The predicted molar refractivity (Wildman–Crippen MR) is 114 cm³/mol. The first kappa shape index (κ1) is 20.0.